The molecule has 15 heavy (non-hydrogen) atoms. The van der Waals surface area contributed by atoms with E-state index in [1.54, 1.807) is 0 Å². The Kier molecular flexibility index (Phi) is 3.81. The summed E-state index contributed by atoms with van der Waals surface area (Å²) in [6, 6.07) is 0.113. The quantitative estimate of drug-likeness (QED) is 0.695. The van der Waals surface area contributed by atoms with Gasteiger partial charge < -0.3 is 5.73 Å². The normalized spacial score (nSPS) is 31.9. The van der Waals surface area contributed by atoms with E-state index in [0.717, 1.165) is 12.8 Å². The third-order valence-corrected chi connectivity index (χ3v) is 3.49. The van der Waals surface area contributed by atoms with Gasteiger partial charge in [0, 0.05) is 12.1 Å². The summed E-state index contributed by atoms with van der Waals surface area (Å²) in [5.74, 6) is 2.73. The molecule has 0 heterocycles. The second-order valence-corrected chi connectivity index (χ2v) is 5.71. The highest BCUT2D eigenvalue weighted by Crippen LogP contribution is 2.40. The average molecular weight is 208 g/mol. The van der Waals surface area contributed by atoms with Crippen LogP contribution >= 0.6 is 0 Å². The Morgan fingerprint density at radius 3 is 2.60 bits per heavy atom. The van der Waals surface area contributed by atoms with Crippen molar-refractivity contribution >= 4 is 0 Å². The predicted octanol–water partition coefficient (Wildman–Crippen LogP) is 1.90. The van der Waals surface area contributed by atoms with Crippen molar-refractivity contribution in [2.24, 2.45) is 11.1 Å². The lowest BCUT2D eigenvalue weighted by atomic mass is 9.68. The van der Waals surface area contributed by atoms with E-state index in [9.17, 15) is 0 Å². The van der Waals surface area contributed by atoms with Crippen molar-refractivity contribution in [2.75, 3.05) is 6.54 Å². The van der Waals surface area contributed by atoms with Gasteiger partial charge in [0.15, 0.2) is 0 Å². The fourth-order valence-corrected chi connectivity index (χ4v) is 2.86. The van der Waals surface area contributed by atoms with Gasteiger partial charge in [0.2, 0.25) is 0 Å². The van der Waals surface area contributed by atoms with Crippen LogP contribution in [-0.2, 0) is 0 Å². The molecule has 3 N–H and O–H groups in total. The molecule has 0 saturated heterocycles. The predicted molar refractivity (Wildman–Crippen MR) is 65.5 cm³/mol. The van der Waals surface area contributed by atoms with Crippen LogP contribution in [0.3, 0.4) is 0 Å². The van der Waals surface area contributed by atoms with E-state index in [2.05, 4.69) is 25.1 Å². The van der Waals surface area contributed by atoms with Crippen LogP contribution in [0.1, 0.15) is 46.5 Å². The van der Waals surface area contributed by atoms with E-state index in [1.165, 1.54) is 12.8 Å². The fourth-order valence-electron chi connectivity index (χ4n) is 2.86. The molecule has 0 aromatic rings. The van der Waals surface area contributed by atoms with Gasteiger partial charge in [-0.25, -0.2) is 0 Å². The van der Waals surface area contributed by atoms with Gasteiger partial charge in [0.25, 0.3) is 0 Å². The van der Waals surface area contributed by atoms with Gasteiger partial charge in [-0.2, -0.15) is 0 Å². The van der Waals surface area contributed by atoms with Crippen LogP contribution < -0.4 is 11.1 Å². The number of nitrogens with one attached hydrogen (secondary N) is 1. The van der Waals surface area contributed by atoms with Crippen molar-refractivity contribution in [1.29, 1.82) is 0 Å². The molecular formula is C13H24N2. The molecule has 1 fully saturated rings. The van der Waals surface area contributed by atoms with E-state index in [4.69, 9.17) is 12.2 Å². The lowest BCUT2D eigenvalue weighted by molar-refractivity contribution is 0.121. The smallest absolute Gasteiger partial charge is 0.0663 e. The topological polar surface area (TPSA) is 38.0 Å². The van der Waals surface area contributed by atoms with Crippen molar-refractivity contribution in [1.82, 2.24) is 5.32 Å². The minimum absolute atomic E-state index is 0.0630. The summed E-state index contributed by atoms with van der Waals surface area (Å²) in [5, 5.41) is 3.53. The average Bonchev–Trinajstić information content (AvgIpc) is 2.16. The van der Waals surface area contributed by atoms with Gasteiger partial charge in [-0.1, -0.05) is 26.2 Å². The summed E-state index contributed by atoms with van der Waals surface area (Å²) in [7, 11) is 0. The summed E-state index contributed by atoms with van der Waals surface area (Å²) in [4.78, 5) is 0. The van der Waals surface area contributed by atoms with E-state index < -0.39 is 0 Å². The summed E-state index contributed by atoms with van der Waals surface area (Å²) < 4.78 is 0. The molecule has 0 bridgehead atoms. The van der Waals surface area contributed by atoms with Crippen LogP contribution in [-0.4, -0.2) is 18.1 Å². The first-order valence-corrected chi connectivity index (χ1v) is 5.87. The fraction of sp³-hybridized carbons (Fsp3) is 0.846. The lowest BCUT2D eigenvalue weighted by Gasteiger charge is -2.46. The molecule has 0 radical (unpaired) electrons. The van der Waals surface area contributed by atoms with Crippen molar-refractivity contribution in [3.05, 3.63) is 0 Å². The summed E-state index contributed by atoms with van der Waals surface area (Å²) >= 11 is 0. The second-order valence-electron chi connectivity index (χ2n) is 5.71. The number of hydrogen-bond donors (Lipinski definition) is 2. The molecule has 0 aromatic carbocycles. The van der Waals surface area contributed by atoms with E-state index in [1.807, 2.05) is 6.92 Å². The number of nitrogens with two attached hydrogens (primary N) is 1. The molecule has 0 aliphatic heterocycles. The minimum Gasteiger partial charge on any atom is -0.329 e. The Balaban J connectivity index is 2.72. The van der Waals surface area contributed by atoms with Gasteiger partial charge in [0.1, 0.15) is 0 Å². The lowest BCUT2D eigenvalue weighted by Crippen LogP contribution is -2.57. The third kappa shape index (κ3) is 3.22. The zero-order chi connectivity index (χ0) is 11.5. The van der Waals surface area contributed by atoms with E-state index >= 15 is 0 Å². The largest absolute Gasteiger partial charge is 0.329 e. The Bertz CT molecular complexity index is 252. The number of terminal acetylenes is 1. The van der Waals surface area contributed by atoms with E-state index in [-0.39, 0.29) is 11.6 Å². The van der Waals surface area contributed by atoms with Crippen molar-refractivity contribution < 1.29 is 0 Å². The standard InChI is InChI=1S/C13H24N2/c1-5-11(2)15-13(10-14)8-6-7-12(3,4)9-13/h1,11,15H,6-10,14H2,2-4H3. The first kappa shape index (κ1) is 12.5. The highest BCUT2D eigenvalue weighted by molar-refractivity contribution is 5.05. The zero-order valence-corrected chi connectivity index (χ0v) is 10.3. The highest BCUT2D eigenvalue weighted by Gasteiger charge is 2.39. The first-order chi connectivity index (χ1) is 6.93. The summed E-state index contributed by atoms with van der Waals surface area (Å²) in [6.07, 6.45) is 10.2. The zero-order valence-electron chi connectivity index (χ0n) is 10.3. The van der Waals surface area contributed by atoms with Crippen molar-refractivity contribution in [3.8, 4) is 12.3 Å². The van der Waals surface area contributed by atoms with Gasteiger partial charge >= 0.3 is 0 Å². The molecule has 86 valence electrons. The van der Waals surface area contributed by atoms with Gasteiger partial charge in [-0.3, -0.25) is 5.32 Å². The Morgan fingerprint density at radius 2 is 2.13 bits per heavy atom. The minimum atomic E-state index is 0.0630. The summed E-state index contributed by atoms with van der Waals surface area (Å²) in [5.41, 5.74) is 6.38. The Morgan fingerprint density at radius 1 is 1.47 bits per heavy atom. The molecule has 1 aliphatic rings. The highest BCUT2D eigenvalue weighted by atomic mass is 15.0. The Labute approximate surface area is 94.0 Å². The van der Waals surface area contributed by atoms with Crippen LogP contribution in [0.5, 0.6) is 0 Å². The first-order valence-electron chi connectivity index (χ1n) is 5.87. The molecule has 1 rings (SSSR count). The summed E-state index contributed by atoms with van der Waals surface area (Å²) in [6.45, 7) is 7.35. The maximum absolute atomic E-state index is 5.93. The van der Waals surface area contributed by atoms with Crippen molar-refractivity contribution in [2.45, 2.75) is 58.0 Å². The van der Waals surface area contributed by atoms with Gasteiger partial charge in [-0.05, 0) is 31.6 Å². The molecule has 0 amide bonds. The molecule has 1 saturated carbocycles. The SMILES string of the molecule is C#CC(C)NC1(CN)CCCC(C)(C)C1. The van der Waals surface area contributed by atoms with Crippen molar-refractivity contribution in [3.63, 3.8) is 0 Å². The molecule has 2 nitrogen and oxygen atoms in total. The second kappa shape index (κ2) is 4.55. The molecule has 0 spiro atoms. The van der Waals surface area contributed by atoms with Gasteiger partial charge in [0.05, 0.1) is 6.04 Å². The van der Waals surface area contributed by atoms with Crippen LogP contribution in [0.2, 0.25) is 0 Å². The molecule has 0 aromatic heterocycles. The molecule has 2 unspecified atom stereocenters. The monoisotopic (exact) mass is 208 g/mol. The van der Waals surface area contributed by atoms with Crippen LogP contribution in [0.25, 0.3) is 0 Å². The molecule has 1 aliphatic carbocycles. The molecule has 2 atom stereocenters. The van der Waals surface area contributed by atoms with Crippen LogP contribution in [0, 0.1) is 17.8 Å². The third-order valence-electron chi connectivity index (χ3n) is 3.49. The maximum atomic E-state index is 5.93. The molecule has 2 heteroatoms. The number of hydrogen-bond acceptors (Lipinski definition) is 2. The maximum Gasteiger partial charge on any atom is 0.0663 e. The van der Waals surface area contributed by atoms with E-state index in [0.29, 0.717) is 12.0 Å². The Hall–Kier alpha value is -0.520. The van der Waals surface area contributed by atoms with Gasteiger partial charge in [-0.15, -0.1) is 6.42 Å². The molecular weight excluding hydrogens is 184 g/mol. The van der Waals surface area contributed by atoms with Crippen LogP contribution in [0.4, 0.5) is 0 Å². The van der Waals surface area contributed by atoms with Crippen LogP contribution in [0.15, 0.2) is 0 Å². The number of rotatable bonds is 3.